The minimum Gasteiger partial charge on any atom is -0.391 e. The van der Waals surface area contributed by atoms with Crippen LogP contribution >= 0.6 is 0 Å². The van der Waals surface area contributed by atoms with Crippen molar-refractivity contribution >= 4 is 0 Å². The summed E-state index contributed by atoms with van der Waals surface area (Å²) in [4.78, 5) is 0. The fourth-order valence-electron chi connectivity index (χ4n) is 3.41. The van der Waals surface area contributed by atoms with Crippen molar-refractivity contribution in [1.82, 2.24) is 0 Å². The molecular weight excluding hydrogens is 150 g/mol. The van der Waals surface area contributed by atoms with Crippen molar-refractivity contribution in [3.63, 3.8) is 0 Å². The van der Waals surface area contributed by atoms with Crippen LogP contribution in [0.3, 0.4) is 0 Å². The standard InChI is InChI=1S/C10H19NO/c1-9(2)6-4-5-10(9,3)8(12)7(6)11/h6-8,12H,4-5,11H2,1-3H3/t6-,7-,8+,10-/m0/s1. The molecule has 4 atom stereocenters. The number of hydrogen-bond donors (Lipinski definition) is 2. The Morgan fingerprint density at radius 1 is 1.33 bits per heavy atom. The summed E-state index contributed by atoms with van der Waals surface area (Å²) in [5.41, 5.74) is 6.27. The van der Waals surface area contributed by atoms with Crippen LogP contribution in [-0.4, -0.2) is 17.3 Å². The second kappa shape index (κ2) is 2.05. The summed E-state index contributed by atoms with van der Waals surface area (Å²) >= 11 is 0. The molecule has 2 bridgehead atoms. The molecule has 2 nitrogen and oxygen atoms in total. The van der Waals surface area contributed by atoms with E-state index in [1.165, 1.54) is 6.42 Å². The quantitative estimate of drug-likeness (QED) is 0.571. The zero-order chi connectivity index (χ0) is 9.15. The minimum absolute atomic E-state index is 0.0127. The zero-order valence-corrected chi connectivity index (χ0v) is 8.17. The predicted octanol–water partition coefficient (Wildman–Crippen LogP) is 1.13. The molecule has 0 aromatic carbocycles. The smallest absolute Gasteiger partial charge is 0.0752 e. The summed E-state index contributed by atoms with van der Waals surface area (Å²) in [6, 6.07) is 0.0127. The Labute approximate surface area is 74.1 Å². The van der Waals surface area contributed by atoms with Crippen molar-refractivity contribution in [2.24, 2.45) is 22.5 Å². The van der Waals surface area contributed by atoms with Crippen LogP contribution in [0.5, 0.6) is 0 Å². The van der Waals surface area contributed by atoms with Crippen molar-refractivity contribution < 1.29 is 5.11 Å². The van der Waals surface area contributed by atoms with Crippen LogP contribution in [0.25, 0.3) is 0 Å². The summed E-state index contributed by atoms with van der Waals surface area (Å²) in [6.07, 6.45) is 2.05. The number of rotatable bonds is 0. The van der Waals surface area contributed by atoms with Gasteiger partial charge in [0.15, 0.2) is 0 Å². The monoisotopic (exact) mass is 169 g/mol. The Hall–Kier alpha value is -0.0800. The van der Waals surface area contributed by atoms with Crippen molar-refractivity contribution in [3.05, 3.63) is 0 Å². The molecule has 0 unspecified atom stereocenters. The van der Waals surface area contributed by atoms with E-state index >= 15 is 0 Å². The van der Waals surface area contributed by atoms with Crippen molar-refractivity contribution in [3.8, 4) is 0 Å². The van der Waals surface area contributed by atoms with E-state index in [9.17, 15) is 5.11 Å². The normalized spacial score (nSPS) is 56.2. The largest absolute Gasteiger partial charge is 0.391 e. The van der Waals surface area contributed by atoms with E-state index in [4.69, 9.17) is 5.73 Å². The van der Waals surface area contributed by atoms with E-state index in [-0.39, 0.29) is 23.0 Å². The topological polar surface area (TPSA) is 46.2 Å². The van der Waals surface area contributed by atoms with Crippen LogP contribution in [0.4, 0.5) is 0 Å². The van der Waals surface area contributed by atoms with Gasteiger partial charge < -0.3 is 10.8 Å². The molecule has 12 heavy (non-hydrogen) atoms. The molecule has 2 rings (SSSR count). The molecule has 3 N–H and O–H groups in total. The summed E-state index contributed by atoms with van der Waals surface area (Å²) in [5, 5.41) is 9.96. The number of fused-ring (bicyclic) bond motifs is 2. The van der Waals surface area contributed by atoms with Gasteiger partial charge in [0.1, 0.15) is 0 Å². The van der Waals surface area contributed by atoms with E-state index < -0.39 is 0 Å². The summed E-state index contributed by atoms with van der Waals surface area (Å²) < 4.78 is 0. The number of aliphatic hydroxyl groups is 1. The Morgan fingerprint density at radius 2 is 1.92 bits per heavy atom. The average Bonchev–Trinajstić information content (AvgIpc) is 2.26. The fourth-order valence-corrected chi connectivity index (χ4v) is 3.41. The maximum absolute atomic E-state index is 9.96. The van der Waals surface area contributed by atoms with Gasteiger partial charge in [-0.2, -0.15) is 0 Å². The van der Waals surface area contributed by atoms with Gasteiger partial charge >= 0.3 is 0 Å². The van der Waals surface area contributed by atoms with Crippen molar-refractivity contribution in [2.45, 2.75) is 45.8 Å². The first-order valence-corrected chi connectivity index (χ1v) is 4.85. The molecule has 2 aliphatic rings. The molecular formula is C10H19NO. The van der Waals surface area contributed by atoms with Gasteiger partial charge in [-0.3, -0.25) is 0 Å². The molecule has 2 heteroatoms. The number of hydrogen-bond acceptors (Lipinski definition) is 2. The van der Waals surface area contributed by atoms with Crippen LogP contribution in [0, 0.1) is 16.7 Å². The predicted molar refractivity (Wildman–Crippen MR) is 48.6 cm³/mol. The molecule has 0 aromatic heterocycles. The van der Waals surface area contributed by atoms with Crippen LogP contribution in [-0.2, 0) is 0 Å². The van der Waals surface area contributed by atoms with E-state index in [1.54, 1.807) is 0 Å². The van der Waals surface area contributed by atoms with Gasteiger partial charge in [0.25, 0.3) is 0 Å². The van der Waals surface area contributed by atoms with Crippen LogP contribution in [0.2, 0.25) is 0 Å². The highest BCUT2D eigenvalue weighted by Gasteiger charge is 2.64. The Kier molecular flexibility index (Phi) is 1.45. The van der Waals surface area contributed by atoms with Crippen LogP contribution in [0.1, 0.15) is 33.6 Å². The molecule has 2 fully saturated rings. The maximum atomic E-state index is 9.96. The number of nitrogens with two attached hydrogens (primary N) is 1. The summed E-state index contributed by atoms with van der Waals surface area (Å²) in [5.74, 6) is 0.525. The molecule has 0 aliphatic heterocycles. The lowest BCUT2D eigenvalue weighted by Gasteiger charge is -2.36. The fraction of sp³-hybridized carbons (Fsp3) is 1.00. The van der Waals surface area contributed by atoms with Crippen LogP contribution in [0.15, 0.2) is 0 Å². The molecule has 0 aromatic rings. The Morgan fingerprint density at radius 3 is 2.17 bits per heavy atom. The summed E-state index contributed by atoms with van der Waals surface area (Å²) in [6.45, 7) is 6.69. The first-order chi connectivity index (χ1) is 5.41. The first kappa shape index (κ1) is 8.52. The highest BCUT2D eigenvalue weighted by atomic mass is 16.3. The molecule has 2 aliphatic carbocycles. The molecule has 70 valence electrons. The lowest BCUT2D eigenvalue weighted by Crippen LogP contribution is -2.43. The lowest BCUT2D eigenvalue weighted by atomic mass is 9.70. The Balaban J connectivity index is 2.44. The molecule has 0 spiro atoms. The average molecular weight is 169 g/mol. The van der Waals surface area contributed by atoms with Gasteiger partial charge in [0.2, 0.25) is 0 Å². The van der Waals surface area contributed by atoms with Gasteiger partial charge in [-0.1, -0.05) is 20.8 Å². The van der Waals surface area contributed by atoms with E-state index in [1.807, 2.05) is 0 Å². The first-order valence-electron chi connectivity index (χ1n) is 4.85. The highest BCUT2D eigenvalue weighted by Crippen LogP contribution is 2.64. The third-order valence-corrected chi connectivity index (χ3v) is 4.86. The molecule has 0 radical (unpaired) electrons. The lowest BCUT2D eigenvalue weighted by molar-refractivity contribution is 0.00582. The van der Waals surface area contributed by atoms with Gasteiger partial charge in [-0.15, -0.1) is 0 Å². The summed E-state index contributed by atoms with van der Waals surface area (Å²) in [7, 11) is 0. The molecule has 0 heterocycles. The SMILES string of the molecule is CC1(C)[C@H]2CC[C@@]1(C)[C@H](O)[C@H]2N. The van der Waals surface area contributed by atoms with E-state index in [2.05, 4.69) is 20.8 Å². The second-order valence-electron chi connectivity index (χ2n) is 5.31. The highest BCUT2D eigenvalue weighted by molar-refractivity contribution is 5.16. The van der Waals surface area contributed by atoms with Crippen molar-refractivity contribution in [1.29, 1.82) is 0 Å². The van der Waals surface area contributed by atoms with Gasteiger partial charge in [-0.05, 0) is 24.2 Å². The molecule has 0 amide bonds. The maximum Gasteiger partial charge on any atom is 0.0752 e. The number of aliphatic hydroxyl groups excluding tert-OH is 1. The van der Waals surface area contributed by atoms with Gasteiger partial charge in [0, 0.05) is 11.5 Å². The molecule has 0 saturated heterocycles. The van der Waals surface area contributed by atoms with Gasteiger partial charge in [0.05, 0.1) is 6.10 Å². The Bertz CT molecular complexity index is 214. The van der Waals surface area contributed by atoms with Crippen LogP contribution < -0.4 is 5.73 Å². The zero-order valence-electron chi connectivity index (χ0n) is 8.17. The van der Waals surface area contributed by atoms with Gasteiger partial charge in [-0.25, -0.2) is 0 Å². The second-order valence-corrected chi connectivity index (χ2v) is 5.31. The third-order valence-electron chi connectivity index (χ3n) is 4.86. The van der Waals surface area contributed by atoms with Crippen molar-refractivity contribution in [2.75, 3.05) is 0 Å². The van der Waals surface area contributed by atoms with E-state index in [0.717, 1.165) is 6.42 Å². The van der Waals surface area contributed by atoms with E-state index in [0.29, 0.717) is 5.92 Å². The molecule has 2 saturated carbocycles. The third kappa shape index (κ3) is 0.647. The minimum atomic E-state index is -0.286.